The summed E-state index contributed by atoms with van der Waals surface area (Å²) in [7, 11) is 0. The van der Waals surface area contributed by atoms with Gasteiger partial charge in [-0.25, -0.2) is 4.39 Å². The van der Waals surface area contributed by atoms with Gasteiger partial charge in [0.05, 0.1) is 6.07 Å². The lowest BCUT2D eigenvalue weighted by molar-refractivity contribution is 0.0978. The molecule has 2 nitrogen and oxygen atoms in total. The highest BCUT2D eigenvalue weighted by Gasteiger charge is 2.25. The van der Waals surface area contributed by atoms with E-state index in [1.807, 2.05) is 34.7 Å². The van der Waals surface area contributed by atoms with Crippen molar-refractivity contribution in [1.82, 2.24) is 0 Å². The third-order valence-electron chi connectivity index (χ3n) is 2.80. The first-order chi connectivity index (χ1) is 9.54. The number of benzene rings is 2. The van der Waals surface area contributed by atoms with Crippen molar-refractivity contribution in [2.24, 2.45) is 0 Å². The molecule has 2 rings (SSSR count). The molecule has 0 saturated carbocycles. The van der Waals surface area contributed by atoms with Crippen molar-refractivity contribution in [1.29, 1.82) is 5.26 Å². The smallest absolute Gasteiger partial charge is 0.185 e. The van der Waals surface area contributed by atoms with E-state index in [2.05, 4.69) is 0 Å². The molecule has 5 heteroatoms. The van der Waals surface area contributed by atoms with Crippen LogP contribution in [0.2, 0.25) is 5.02 Å². The second-order valence-electron chi connectivity index (χ2n) is 4.07. The SMILES string of the molecule is N#CC(C(=O)c1ccccc1I)c1ccc(F)cc1Cl. The minimum Gasteiger partial charge on any atom is -0.292 e. The highest BCUT2D eigenvalue weighted by atomic mass is 127. The molecule has 0 aliphatic rings. The molecule has 0 heterocycles. The zero-order valence-corrected chi connectivity index (χ0v) is 13.0. The number of Topliss-reactive ketones (excluding diaryl/α,β-unsaturated/α-hetero) is 1. The second kappa shape index (κ2) is 6.33. The second-order valence-corrected chi connectivity index (χ2v) is 5.64. The fourth-order valence-corrected chi connectivity index (χ4v) is 2.75. The van der Waals surface area contributed by atoms with Gasteiger partial charge in [0.15, 0.2) is 5.78 Å². The van der Waals surface area contributed by atoms with Crippen LogP contribution in [-0.2, 0) is 0 Å². The Bertz CT molecular complexity index is 711. The topological polar surface area (TPSA) is 40.9 Å². The van der Waals surface area contributed by atoms with E-state index >= 15 is 0 Å². The number of carbonyl (C=O) groups excluding carboxylic acids is 1. The Morgan fingerprint density at radius 1 is 1.30 bits per heavy atom. The molecule has 100 valence electrons. The third-order valence-corrected chi connectivity index (χ3v) is 4.07. The first kappa shape index (κ1) is 14.9. The molecule has 0 spiro atoms. The van der Waals surface area contributed by atoms with Crippen molar-refractivity contribution in [3.8, 4) is 6.07 Å². The Balaban J connectivity index is 2.46. The predicted octanol–water partition coefficient (Wildman–Crippen LogP) is 4.57. The van der Waals surface area contributed by atoms with Crippen molar-refractivity contribution in [2.75, 3.05) is 0 Å². The van der Waals surface area contributed by atoms with Crippen LogP contribution in [0.5, 0.6) is 0 Å². The molecule has 1 unspecified atom stereocenters. The molecule has 2 aromatic rings. The number of halogens is 3. The summed E-state index contributed by atoms with van der Waals surface area (Å²) >= 11 is 7.96. The van der Waals surface area contributed by atoms with Gasteiger partial charge >= 0.3 is 0 Å². The fraction of sp³-hybridized carbons (Fsp3) is 0.0667. The molecule has 20 heavy (non-hydrogen) atoms. The number of ketones is 1. The van der Waals surface area contributed by atoms with Crippen LogP contribution in [0.1, 0.15) is 21.8 Å². The summed E-state index contributed by atoms with van der Waals surface area (Å²) in [5, 5.41) is 9.35. The van der Waals surface area contributed by atoms with Crippen molar-refractivity contribution < 1.29 is 9.18 Å². The summed E-state index contributed by atoms with van der Waals surface area (Å²) in [6.07, 6.45) is 0. The monoisotopic (exact) mass is 399 g/mol. The zero-order valence-electron chi connectivity index (χ0n) is 10.1. The molecule has 0 aliphatic carbocycles. The van der Waals surface area contributed by atoms with Gasteiger partial charge in [-0.2, -0.15) is 5.26 Å². The van der Waals surface area contributed by atoms with E-state index in [4.69, 9.17) is 11.6 Å². The predicted molar refractivity (Wildman–Crippen MR) is 83.3 cm³/mol. The molecular weight excluding hydrogens is 392 g/mol. The minimum absolute atomic E-state index is 0.0795. The van der Waals surface area contributed by atoms with Crippen molar-refractivity contribution in [2.45, 2.75) is 5.92 Å². The molecule has 0 saturated heterocycles. The Morgan fingerprint density at radius 3 is 2.60 bits per heavy atom. The lowest BCUT2D eigenvalue weighted by Crippen LogP contribution is -2.13. The molecule has 0 fully saturated rings. The number of carbonyl (C=O) groups is 1. The van der Waals surface area contributed by atoms with Gasteiger partial charge in [0.2, 0.25) is 0 Å². The summed E-state index contributed by atoms with van der Waals surface area (Å²) in [5.41, 5.74) is 0.778. The van der Waals surface area contributed by atoms with Crippen LogP contribution < -0.4 is 0 Å². The van der Waals surface area contributed by atoms with Gasteiger partial charge < -0.3 is 0 Å². The van der Waals surface area contributed by atoms with E-state index < -0.39 is 11.7 Å². The Kier molecular flexibility index (Phi) is 4.73. The molecular formula is C15H8ClFINO. The van der Waals surface area contributed by atoms with Crippen LogP contribution in [0, 0.1) is 20.7 Å². The van der Waals surface area contributed by atoms with E-state index in [1.165, 1.54) is 12.1 Å². The largest absolute Gasteiger partial charge is 0.292 e. The van der Waals surface area contributed by atoms with E-state index in [9.17, 15) is 14.4 Å². The first-order valence-corrected chi connectivity index (χ1v) is 7.13. The number of nitriles is 1. The van der Waals surface area contributed by atoms with E-state index in [-0.39, 0.29) is 10.8 Å². The van der Waals surface area contributed by atoms with Gasteiger partial charge in [0.1, 0.15) is 11.7 Å². The number of hydrogen-bond donors (Lipinski definition) is 0. The van der Waals surface area contributed by atoms with Crippen LogP contribution >= 0.6 is 34.2 Å². The summed E-state index contributed by atoms with van der Waals surface area (Å²) in [4.78, 5) is 12.5. The molecule has 0 bridgehead atoms. The van der Waals surface area contributed by atoms with Crippen molar-refractivity contribution in [3.05, 3.63) is 68.0 Å². The zero-order chi connectivity index (χ0) is 14.7. The van der Waals surface area contributed by atoms with Crippen molar-refractivity contribution >= 4 is 40.0 Å². The van der Waals surface area contributed by atoms with Gasteiger partial charge in [-0.05, 0) is 46.4 Å². The van der Waals surface area contributed by atoms with Crippen LogP contribution in [0.4, 0.5) is 4.39 Å². The average Bonchev–Trinajstić information content (AvgIpc) is 2.42. The van der Waals surface area contributed by atoms with Crippen molar-refractivity contribution in [3.63, 3.8) is 0 Å². The van der Waals surface area contributed by atoms with Crippen LogP contribution in [0.15, 0.2) is 42.5 Å². The van der Waals surface area contributed by atoms with Gasteiger partial charge in [-0.1, -0.05) is 35.9 Å². The molecule has 0 N–H and O–H groups in total. The summed E-state index contributed by atoms with van der Waals surface area (Å²) in [6.45, 7) is 0. The quantitative estimate of drug-likeness (QED) is 0.560. The lowest BCUT2D eigenvalue weighted by atomic mass is 9.92. The molecule has 1 atom stereocenters. The minimum atomic E-state index is -1.04. The van der Waals surface area contributed by atoms with Crippen LogP contribution in [0.25, 0.3) is 0 Å². The lowest BCUT2D eigenvalue weighted by Gasteiger charge is -2.11. The van der Waals surface area contributed by atoms with Crippen LogP contribution in [-0.4, -0.2) is 5.78 Å². The average molecular weight is 400 g/mol. The van der Waals surface area contributed by atoms with E-state index in [0.717, 1.165) is 9.64 Å². The molecule has 2 aromatic carbocycles. The Morgan fingerprint density at radius 2 is 2.00 bits per heavy atom. The number of nitrogens with zero attached hydrogens (tertiary/aromatic N) is 1. The highest BCUT2D eigenvalue weighted by Crippen LogP contribution is 2.29. The maximum absolute atomic E-state index is 13.0. The standard InChI is InChI=1S/C15H8ClFINO/c16-13-7-9(17)5-6-10(13)12(8-19)15(20)11-3-1-2-4-14(11)18/h1-7,12H. The molecule has 0 aliphatic heterocycles. The number of hydrogen-bond acceptors (Lipinski definition) is 2. The first-order valence-electron chi connectivity index (χ1n) is 5.68. The van der Waals surface area contributed by atoms with Gasteiger partial charge in [-0.15, -0.1) is 0 Å². The highest BCUT2D eigenvalue weighted by molar-refractivity contribution is 14.1. The number of rotatable bonds is 3. The summed E-state index contributed by atoms with van der Waals surface area (Å²) < 4.78 is 13.8. The van der Waals surface area contributed by atoms with E-state index in [1.54, 1.807) is 18.2 Å². The van der Waals surface area contributed by atoms with E-state index in [0.29, 0.717) is 11.1 Å². The summed E-state index contributed by atoms with van der Waals surface area (Å²) in [5.74, 6) is -1.89. The maximum atomic E-state index is 13.0. The Labute approximate surface area is 134 Å². The fourth-order valence-electron chi connectivity index (χ4n) is 1.82. The Hall–Kier alpha value is -1.45. The van der Waals surface area contributed by atoms with Crippen LogP contribution in [0.3, 0.4) is 0 Å². The molecule has 0 radical (unpaired) electrons. The normalized spacial score (nSPS) is 11.7. The maximum Gasteiger partial charge on any atom is 0.185 e. The molecule has 0 aromatic heterocycles. The summed E-state index contributed by atoms with van der Waals surface area (Å²) in [6, 6.07) is 12.6. The van der Waals surface area contributed by atoms with Gasteiger partial charge in [-0.3, -0.25) is 4.79 Å². The molecule has 0 amide bonds. The third kappa shape index (κ3) is 3.00. The van der Waals surface area contributed by atoms with Gasteiger partial charge in [0.25, 0.3) is 0 Å². The van der Waals surface area contributed by atoms with Gasteiger partial charge in [0, 0.05) is 14.2 Å².